The number of nitrogen functional groups attached to an aromatic ring is 1. The number of anilines is 2. The maximum atomic E-state index is 12.7. The average molecular weight is 365 g/mol. The number of para-hydroxylation sites is 2. The van der Waals surface area contributed by atoms with E-state index < -0.39 is 10.0 Å². The van der Waals surface area contributed by atoms with Crippen molar-refractivity contribution in [2.24, 2.45) is 0 Å². The predicted molar refractivity (Wildman–Crippen MR) is 104 cm³/mol. The lowest BCUT2D eigenvalue weighted by atomic mass is 10.1. The van der Waals surface area contributed by atoms with Gasteiger partial charge in [-0.2, -0.15) is 0 Å². The first-order valence-corrected chi connectivity index (χ1v) is 9.36. The van der Waals surface area contributed by atoms with Crippen LogP contribution in [0.5, 0.6) is 0 Å². The molecular formula is C19H15N3O3S. The number of hydrogen-bond acceptors (Lipinski definition) is 4. The van der Waals surface area contributed by atoms with Crippen LogP contribution in [0.15, 0.2) is 76.4 Å². The molecule has 130 valence electrons. The zero-order valence-corrected chi connectivity index (χ0v) is 14.4. The van der Waals surface area contributed by atoms with Gasteiger partial charge in [0.1, 0.15) is 0 Å². The molecule has 0 aliphatic carbocycles. The minimum atomic E-state index is -3.82. The van der Waals surface area contributed by atoms with E-state index in [2.05, 4.69) is 9.71 Å². The van der Waals surface area contributed by atoms with Crippen LogP contribution < -0.4 is 15.9 Å². The van der Waals surface area contributed by atoms with Crippen LogP contribution in [-0.4, -0.2) is 13.4 Å². The SMILES string of the molecule is Nc1ccc(S(=O)(=O)Nc2cccc3c(=O)c4ccccc4[nH]c23)cc1. The first-order valence-electron chi connectivity index (χ1n) is 7.88. The summed E-state index contributed by atoms with van der Waals surface area (Å²) >= 11 is 0. The quantitative estimate of drug-likeness (QED) is 0.383. The summed E-state index contributed by atoms with van der Waals surface area (Å²) in [5.41, 5.74) is 7.33. The van der Waals surface area contributed by atoms with Crippen molar-refractivity contribution in [1.82, 2.24) is 4.98 Å². The van der Waals surface area contributed by atoms with Gasteiger partial charge in [-0.3, -0.25) is 9.52 Å². The van der Waals surface area contributed by atoms with Crippen molar-refractivity contribution in [3.63, 3.8) is 0 Å². The molecule has 6 nitrogen and oxygen atoms in total. The summed E-state index contributed by atoms with van der Waals surface area (Å²) in [5, 5.41) is 0.972. The molecule has 26 heavy (non-hydrogen) atoms. The summed E-state index contributed by atoms with van der Waals surface area (Å²) in [7, 11) is -3.82. The molecule has 0 saturated carbocycles. The summed E-state index contributed by atoms with van der Waals surface area (Å²) in [4.78, 5) is 15.9. The third-order valence-electron chi connectivity index (χ3n) is 4.18. The van der Waals surface area contributed by atoms with Gasteiger partial charge in [0.15, 0.2) is 5.43 Å². The molecule has 0 aliphatic heterocycles. The first-order chi connectivity index (χ1) is 12.5. The molecule has 0 amide bonds. The normalized spacial score (nSPS) is 11.7. The number of rotatable bonds is 3. The number of hydrogen-bond donors (Lipinski definition) is 3. The molecule has 0 aliphatic rings. The van der Waals surface area contributed by atoms with Gasteiger partial charge in [-0.15, -0.1) is 0 Å². The highest BCUT2D eigenvalue weighted by Gasteiger charge is 2.16. The van der Waals surface area contributed by atoms with Crippen molar-refractivity contribution >= 4 is 43.2 Å². The Morgan fingerprint density at radius 2 is 1.54 bits per heavy atom. The van der Waals surface area contributed by atoms with Crippen LogP contribution in [0.1, 0.15) is 0 Å². The van der Waals surface area contributed by atoms with E-state index in [0.717, 1.165) is 0 Å². The van der Waals surface area contributed by atoms with Crippen LogP contribution in [0.25, 0.3) is 21.8 Å². The molecule has 0 spiro atoms. The predicted octanol–water partition coefficient (Wildman–Crippen LogP) is 3.06. The van der Waals surface area contributed by atoms with Crippen molar-refractivity contribution in [3.05, 3.63) is 77.0 Å². The van der Waals surface area contributed by atoms with Gasteiger partial charge in [-0.1, -0.05) is 18.2 Å². The fourth-order valence-electron chi connectivity index (χ4n) is 2.88. The molecule has 0 radical (unpaired) electrons. The van der Waals surface area contributed by atoms with Crippen LogP contribution in [0, 0.1) is 0 Å². The summed E-state index contributed by atoms with van der Waals surface area (Å²) in [5.74, 6) is 0. The van der Waals surface area contributed by atoms with Gasteiger partial charge in [-0.25, -0.2) is 8.42 Å². The van der Waals surface area contributed by atoms with Crippen LogP contribution in [0.2, 0.25) is 0 Å². The molecule has 4 rings (SSSR count). The number of fused-ring (bicyclic) bond motifs is 2. The lowest BCUT2D eigenvalue weighted by Gasteiger charge is -2.11. The van der Waals surface area contributed by atoms with Gasteiger partial charge in [0, 0.05) is 22.0 Å². The number of nitrogens with two attached hydrogens (primary N) is 1. The number of nitrogens with one attached hydrogen (secondary N) is 2. The maximum Gasteiger partial charge on any atom is 0.261 e. The standard InChI is InChI=1S/C19H15N3O3S/c20-12-8-10-13(11-9-12)26(24,25)22-17-7-3-5-15-18(17)21-16-6-2-1-4-14(16)19(15)23/h1-11,22H,20H2,(H,21,23). The largest absolute Gasteiger partial charge is 0.399 e. The first kappa shape index (κ1) is 16.2. The van der Waals surface area contributed by atoms with Gasteiger partial charge >= 0.3 is 0 Å². The van der Waals surface area contributed by atoms with Crippen molar-refractivity contribution < 1.29 is 8.42 Å². The number of aromatic nitrogens is 1. The van der Waals surface area contributed by atoms with Crippen LogP contribution >= 0.6 is 0 Å². The highest BCUT2D eigenvalue weighted by Crippen LogP contribution is 2.25. The highest BCUT2D eigenvalue weighted by molar-refractivity contribution is 7.92. The summed E-state index contributed by atoms with van der Waals surface area (Å²) in [6, 6.07) is 17.9. The van der Waals surface area contributed by atoms with Gasteiger partial charge in [0.05, 0.1) is 16.1 Å². The fraction of sp³-hybridized carbons (Fsp3) is 0. The second kappa shape index (κ2) is 5.89. The molecule has 0 bridgehead atoms. The third kappa shape index (κ3) is 2.68. The number of sulfonamides is 1. The highest BCUT2D eigenvalue weighted by atomic mass is 32.2. The van der Waals surface area contributed by atoms with Crippen LogP contribution in [-0.2, 0) is 10.0 Å². The minimum absolute atomic E-state index is 0.0897. The summed E-state index contributed by atoms with van der Waals surface area (Å²) < 4.78 is 27.9. The second-order valence-corrected chi connectivity index (χ2v) is 7.58. The van der Waals surface area contributed by atoms with E-state index >= 15 is 0 Å². The smallest absolute Gasteiger partial charge is 0.261 e. The van der Waals surface area contributed by atoms with E-state index in [1.54, 1.807) is 36.4 Å². The molecule has 0 unspecified atom stereocenters. The van der Waals surface area contributed by atoms with E-state index in [-0.39, 0.29) is 10.3 Å². The Morgan fingerprint density at radius 1 is 0.846 bits per heavy atom. The minimum Gasteiger partial charge on any atom is -0.399 e. The van der Waals surface area contributed by atoms with Gasteiger partial charge in [0.25, 0.3) is 10.0 Å². The van der Waals surface area contributed by atoms with E-state index in [1.807, 2.05) is 6.07 Å². The van der Waals surface area contributed by atoms with Crippen LogP contribution in [0.3, 0.4) is 0 Å². The Morgan fingerprint density at radius 3 is 2.31 bits per heavy atom. The van der Waals surface area contributed by atoms with Crippen molar-refractivity contribution in [2.45, 2.75) is 4.90 Å². The lowest BCUT2D eigenvalue weighted by Crippen LogP contribution is -2.14. The molecule has 1 heterocycles. The van der Waals surface area contributed by atoms with Crippen molar-refractivity contribution in [3.8, 4) is 0 Å². The molecule has 3 aromatic carbocycles. The lowest BCUT2D eigenvalue weighted by molar-refractivity contribution is 0.601. The number of benzene rings is 3. The van der Waals surface area contributed by atoms with Crippen molar-refractivity contribution in [2.75, 3.05) is 10.5 Å². The summed E-state index contributed by atoms with van der Waals surface area (Å²) in [6.07, 6.45) is 0. The van der Waals surface area contributed by atoms with Gasteiger partial charge < -0.3 is 10.7 Å². The molecule has 4 aromatic rings. The Balaban J connectivity index is 1.89. The molecule has 7 heteroatoms. The molecule has 0 fully saturated rings. The second-order valence-electron chi connectivity index (χ2n) is 5.90. The molecule has 1 aromatic heterocycles. The van der Waals surface area contributed by atoms with E-state index in [4.69, 9.17) is 5.73 Å². The maximum absolute atomic E-state index is 12.7. The van der Waals surface area contributed by atoms with Crippen LogP contribution in [0.4, 0.5) is 11.4 Å². The van der Waals surface area contributed by atoms with Gasteiger partial charge in [0.2, 0.25) is 0 Å². The van der Waals surface area contributed by atoms with E-state index in [0.29, 0.717) is 33.2 Å². The van der Waals surface area contributed by atoms with Crippen molar-refractivity contribution in [1.29, 1.82) is 0 Å². The van der Waals surface area contributed by atoms with Gasteiger partial charge in [-0.05, 0) is 48.5 Å². The average Bonchev–Trinajstić information content (AvgIpc) is 2.63. The molecule has 0 saturated heterocycles. The molecular weight excluding hydrogens is 350 g/mol. The fourth-order valence-corrected chi connectivity index (χ4v) is 3.95. The zero-order valence-electron chi connectivity index (χ0n) is 13.6. The molecule has 4 N–H and O–H groups in total. The number of aromatic amines is 1. The summed E-state index contributed by atoms with van der Waals surface area (Å²) in [6.45, 7) is 0. The Kier molecular flexibility index (Phi) is 3.66. The molecule has 0 atom stereocenters. The Labute approximate surface area is 149 Å². The van der Waals surface area contributed by atoms with E-state index in [1.165, 1.54) is 24.3 Å². The zero-order chi connectivity index (χ0) is 18.3. The topological polar surface area (TPSA) is 105 Å². The monoisotopic (exact) mass is 365 g/mol. The number of H-pyrrole nitrogens is 1. The Hall–Kier alpha value is -3.32. The Bertz CT molecular complexity index is 1290. The van der Waals surface area contributed by atoms with E-state index in [9.17, 15) is 13.2 Å². The third-order valence-corrected chi connectivity index (χ3v) is 5.56. The number of pyridine rings is 1.